The summed E-state index contributed by atoms with van der Waals surface area (Å²) in [5.41, 5.74) is 2.43. The Morgan fingerprint density at radius 1 is 1.05 bits per heavy atom. The topological polar surface area (TPSA) is 127 Å². The van der Waals surface area contributed by atoms with Gasteiger partial charge < -0.3 is 19.7 Å². The van der Waals surface area contributed by atoms with Crippen molar-refractivity contribution >= 4 is 34.7 Å². The van der Waals surface area contributed by atoms with Gasteiger partial charge in [0, 0.05) is 48.8 Å². The molecule has 0 aliphatic carbocycles. The number of esters is 1. The van der Waals surface area contributed by atoms with Crippen LogP contribution in [0.5, 0.6) is 0 Å². The number of nitrogens with one attached hydrogen (secondary N) is 2. The van der Waals surface area contributed by atoms with Crippen LogP contribution < -0.4 is 5.32 Å². The van der Waals surface area contributed by atoms with E-state index in [0.717, 1.165) is 18.2 Å². The lowest BCUT2D eigenvalue weighted by Crippen LogP contribution is -2.48. The second-order valence-corrected chi connectivity index (χ2v) is 9.26. The first-order chi connectivity index (χ1) is 19.2. The van der Waals surface area contributed by atoms with Crippen LogP contribution in [0.25, 0.3) is 33.3 Å². The number of likely N-dealkylation sites (tertiary alicyclic amines) is 1. The van der Waals surface area contributed by atoms with Crippen molar-refractivity contribution in [3.63, 3.8) is 0 Å². The Kier molecular flexibility index (Phi) is 7.16. The summed E-state index contributed by atoms with van der Waals surface area (Å²) in [6.07, 6.45) is -0.465. The van der Waals surface area contributed by atoms with E-state index in [1.807, 2.05) is 0 Å². The van der Waals surface area contributed by atoms with Gasteiger partial charge >= 0.3 is 12.1 Å². The number of pyridine rings is 1. The fourth-order valence-corrected chi connectivity index (χ4v) is 4.85. The summed E-state index contributed by atoms with van der Waals surface area (Å²) in [6, 6.07) is 9.74. The molecule has 2 aromatic carbocycles. The van der Waals surface area contributed by atoms with Crippen LogP contribution in [0.1, 0.15) is 35.9 Å². The first-order valence-electron chi connectivity index (χ1n) is 12.5. The highest BCUT2D eigenvalue weighted by atomic mass is 19.1. The second kappa shape index (κ2) is 10.7. The third kappa shape index (κ3) is 4.95. The number of anilines is 1. The minimum Gasteiger partial charge on any atom is -0.461 e. The molecule has 1 fully saturated rings. The summed E-state index contributed by atoms with van der Waals surface area (Å²) in [7, 11) is 1.30. The SMILES string of the molecule is CCOC(=O)c1nc2n[nH]c(C3CN(C(=O)OC)C3)c2c(-c2ccc(NC(C)=O)cc2)c1-c1cc(F)cc(F)c1. The molecular weight excluding hydrogens is 524 g/mol. The summed E-state index contributed by atoms with van der Waals surface area (Å²) < 4.78 is 39.1. The van der Waals surface area contributed by atoms with Crippen molar-refractivity contribution in [1.29, 1.82) is 0 Å². The zero-order valence-corrected chi connectivity index (χ0v) is 21.9. The van der Waals surface area contributed by atoms with Gasteiger partial charge in [-0.05, 0) is 42.3 Å². The van der Waals surface area contributed by atoms with Crippen molar-refractivity contribution in [1.82, 2.24) is 20.1 Å². The maximum Gasteiger partial charge on any atom is 0.409 e. The molecule has 40 heavy (non-hydrogen) atoms. The number of hydrogen-bond acceptors (Lipinski definition) is 7. The van der Waals surface area contributed by atoms with Gasteiger partial charge in [0.2, 0.25) is 5.91 Å². The molecule has 10 nitrogen and oxygen atoms in total. The monoisotopic (exact) mass is 549 g/mol. The van der Waals surface area contributed by atoms with E-state index in [1.54, 1.807) is 31.2 Å². The molecule has 0 spiro atoms. The van der Waals surface area contributed by atoms with Gasteiger partial charge in [-0.25, -0.2) is 23.4 Å². The van der Waals surface area contributed by atoms with Gasteiger partial charge in [-0.1, -0.05) is 12.1 Å². The summed E-state index contributed by atoms with van der Waals surface area (Å²) in [6.45, 7) is 3.75. The predicted molar refractivity (Wildman–Crippen MR) is 142 cm³/mol. The summed E-state index contributed by atoms with van der Waals surface area (Å²) in [4.78, 5) is 42.7. The Balaban J connectivity index is 1.80. The largest absolute Gasteiger partial charge is 0.461 e. The predicted octanol–water partition coefficient (Wildman–Crippen LogP) is 4.87. The number of amides is 2. The number of rotatable bonds is 6. The van der Waals surface area contributed by atoms with E-state index in [-0.39, 0.29) is 40.9 Å². The fourth-order valence-electron chi connectivity index (χ4n) is 4.85. The minimum atomic E-state index is -0.836. The molecule has 1 saturated heterocycles. The Morgan fingerprint density at radius 2 is 1.73 bits per heavy atom. The van der Waals surface area contributed by atoms with E-state index in [2.05, 4.69) is 20.5 Å². The van der Waals surface area contributed by atoms with Crippen molar-refractivity contribution in [2.24, 2.45) is 0 Å². The van der Waals surface area contributed by atoms with E-state index in [9.17, 15) is 23.2 Å². The molecule has 4 aromatic rings. The number of carbonyl (C=O) groups excluding carboxylic acids is 3. The van der Waals surface area contributed by atoms with E-state index in [0.29, 0.717) is 41.0 Å². The van der Waals surface area contributed by atoms with Crippen molar-refractivity contribution in [2.45, 2.75) is 19.8 Å². The molecule has 2 amide bonds. The van der Waals surface area contributed by atoms with Crippen LogP contribution in [0.15, 0.2) is 42.5 Å². The number of H-pyrrole nitrogens is 1. The summed E-state index contributed by atoms with van der Waals surface area (Å²) in [5.74, 6) is -2.88. The number of fused-ring (bicyclic) bond motifs is 1. The lowest BCUT2D eigenvalue weighted by Gasteiger charge is -2.37. The van der Waals surface area contributed by atoms with Crippen LogP contribution in [0.3, 0.4) is 0 Å². The van der Waals surface area contributed by atoms with E-state index >= 15 is 0 Å². The zero-order valence-electron chi connectivity index (χ0n) is 21.9. The lowest BCUT2D eigenvalue weighted by molar-refractivity contribution is -0.114. The maximum absolute atomic E-state index is 14.5. The number of aromatic nitrogens is 3. The Hall–Kier alpha value is -4.87. The van der Waals surface area contributed by atoms with Crippen molar-refractivity contribution in [2.75, 3.05) is 32.1 Å². The standard InChI is InChI=1S/C28H25F2N5O5/c1-4-40-27(37)25-22(16-9-18(29)11-19(30)10-16)21(15-5-7-20(8-6-15)31-14(2)36)23-24(33-34-26(23)32-25)17-12-35(13-17)28(38)39-3/h5-11,17H,4,12-13H2,1-3H3,(H,31,36)(H,32,33,34). The van der Waals surface area contributed by atoms with Gasteiger partial charge in [0.25, 0.3) is 0 Å². The minimum absolute atomic E-state index is 0.0491. The molecule has 3 heterocycles. The third-order valence-electron chi connectivity index (χ3n) is 6.57. The van der Waals surface area contributed by atoms with Crippen LogP contribution >= 0.6 is 0 Å². The van der Waals surface area contributed by atoms with Gasteiger partial charge in [-0.2, -0.15) is 5.10 Å². The lowest BCUT2D eigenvalue weighted by atomic mass is 9.87. The third-order valence-corrected chi connectivity index (χ3v) is 6.57. The van der Waals surface area contributed by atoms with Crippen molar-refractivity contribution < 1.29 is 32.6 Å². The van der Waals surface area contributed by atoms with Crippen LogP contribution in [0, 0.1) is 11.6 Å². The average Bonchev–Trinajstić information content (AvgIpc) is 3.29. The van der Waals surface area contributed by atoms with Crippen molar-refractivity contribution in [3.05, 3.63) is 65.5 Å². The first kappa shape index (κ1) is 26.7. The van der Waals surface area contributed by atoms with Crippen LogP contribution in [0.4, 0.5) is 19.3 Å². The number of halogens is 2. The van der Waals surface area contributed by atoms with Gasteiger partial charge in [-0.3, -0.25) is 9.89 Å². The molecule has 2 aromatic heterocycles. The van der Waals surface area contributed by atoms with Gasteiger partial charge in [0.15, 0.2) is 11.3 Å². The zero-order chi connectivity index (χ0) is 28.6. The molecule has 1 aliphatic rings. The normalized spacial score (nSPS) is 13.2. The van der Waals surface area contributed by atoms with Crippen LogP contribution in [-0.4, -0.2) is 64.9 Å². The molecule has 12 heteroatoms. The molecule has 2 N–H and O–H groups in total. The van der Waals surface area contributed by atoms with Gasteiger partial charge in [0.05, 0.1) is 24.8 Å². The number of nitrogens with zero attached hydrogens (tertiary/aromatic N) is 3. The first-order valence-corrected chi connectivity index (χ1v) is 12.5. The van der Waals surface area contributed by atoms with Crippen LogP contribution in [0.2, 0.25) is 0 Å². The highest BCUT2D eigenvalue weighted by Crippen LogP contribution is 2.44. The summed E-state index contributed by atoms with van der Waals surface area (Å²) in [5, 5.41) is 10.6. The fraction of sp³-hybridized carbons (Fsp3) is 0.250. The molecular formula is C28H25F2N5O5. The molecule has 0 saturated carbocycles. The van der Waals surface area contributed by atoms with E-state index in [4.69, 9.17) is 9.47 Å². The number of aromatic amines is 1. The average molecular weight is 550 g/mol. The molecule has 206 valence electrons. The smallest absolute Gasteiger partial charge is 0.409 e. The molecule has 0 atom stereocenters. The van der Waals surface area contributed by atoms with E-state index in [1.165, 1.54) is 18.9 Å². The van der Waals surface area contributed by atoms with Gasteiger partial charge in [0.1, 0.15) is 11.6 Å². The molecule has 0 bridgehead atoms. The number of methoxy groups -OCH3 is 1. The Labute approximate surface area is 227 Å². The number of ether oxygens (including phenoxy) is 2. The highest BCUT2D eigenvalue weighted by Gasteiger charge is 2.37. The second-order valence-electron chi connectivity index (χ2n) is 9.26. The number of benzene rings is 2. The quantitative estimate of drug-likeness (QED) is 0.329. The highest BCUT2D eigenvalue weighted by molar-refractivity contribution is 6.10. The summed E-state index contributed by atoms with van der Waals surface area (Å²) >= 11 is 0. The van der Waals surface area contributed by atoms with E-state index < -0.39 is 23.7 Å². The maximum atomic E-state index is 14.5. The van der Waals surface area contributed by atoms with Crippen molar-refractivity contribution in [3.8, 4) is 22.3 Å². The molecule has 0 unspecified atom stereocenters. The molecule has 5 rings (SSSR count). The Bertz CT molecular complexity index is 1610. The molecule has 1 aliphatic heterocycles. The van der Waals surface area contributed by atoms with Gasteiger partial charge in [-0.15, -0.1) is 0 Å². The molecule has 0 radical (unpaired) electrons. The number of hydrogen-bond donors (Lipinski definition) is 2. The Morgan fingerprint density at radius 3 is 2.33 bits per heavy atom. The number of carbonyl (C=O) groups is 3. The van der Waals surface area contributed by atoms with Crippen LogP contribution in [-0.2, 0) is 14.3 Å².